The van der Waals surface area contributed by atoms with Crippen LogP contribution in [0.25, 0.3) is 0 Å². The third kappa shape index (κ3) is 3.84. The number of hydrogen-bond acceptors (Lipinski definition) is 3. The molecule has 1 aromatic carbocycles. The van der Waals surface area contributed by atoms with Crippen molar-refractivity contribution in [3.8, 4) is 0 Å². The van der Waals surface area contributed by atoms with Gasteiger partial charge in [0.25, 0.3) is 0 Å². The van der Waals surface area contributed by atoms with E-state index in [1.165, 1.54) is 11.8 Å². The largest absolute Gasteiger partial charge is 0.322 e. The molecule has 25 heavy (non-hydrogen) atoms. The van der Waals surface area contributed by atoms with E-state index in [0.29, 0.717) is 12.8 Å². The van der Waals surface area contributed by atoms with Gasteiger partial charge in [-0.2, -0.15) is 0 Å². The van der Waals surface area contributed by atoms with Crippen molar-refractivity contribution in [2.45, 2.75) is 69.2 Å². The lowest BCUT2D eigenvalue weighted by Crippen LogP contribution is -2.51. The Morgan fingerprint density at radius 1 is 1.08 bits per heavy atom. The van der Waals surface area contributed by atoms with Crippen molar-refractivity contribution in [1.82, 2.24) is 4.90 Å². The van der Waals surface area contributed by atoms with Crippen LogP contribution >= 0.6 is 0 Å². The van der Waals surface area contributed by atoms with Gasteiger partial charge in [0.15, 0.2) is 0 Å². The minimum atomic E-state index is -3.04. The number of rotatable bonds is 2. The Labute approximate surface area is 150 Å². The topological polar surface area (TPSA) is 66.5 Å². The number of carbonyl (C=O) groups excluding carboxylic acids is 1. The number of hydrogen-bond donors (Lipinski definition) is 1. The Hall–Kier alpha value is -1.56. The van der Waals surface area contributed by atoms with Gasteiger partial charge in [0.05, 0.1) is 5.25 Å². The molecular weight excluding hydrogens is 336 g/mol. The van der Waals surface area contributed by atoms with Gasteiger partial charge in [-0.25, -0.2) is 13.2 Å². The molecule has 2 atom stereocenters. The second kappa shape index (κ2) is 6.31. The summed E-state index contributed by atoms with van der Waals surface area (Å²) in [5.41, 5.74) is 2.08. The summed E-state index contributed by atoms with van der Waals surface area (Å²) >= 11 is 0. The number of sulfone groups is 1. The van der Waals surface area contributed by atoms with Crippen LogP contribution in [0.15, 0.2) is 24.3 Å². The Morgan fingerprint density at radius 2 is 1.60 bits per heavy atom. The summed E-state index contributed by atoms with van der Waals surface area (Å²) in [6.45, 7) is 6.47. The SMILES string of the molecule is CC(C)(C)c1ccc(NC(=O)N2C3CCC2CC(S(C)(=O)=O)C3)cc1. The fraction of sp³-hybridized carbons (Fsp3) is 0.632. The molecule has 138 valence electrons. The minimum absolute atomic E-state index is 0.0346. The molecule has 2 amide bonds. The molecule has 0 aliphatic carbocycles. The van der Waals surface area contributed by atoms with Gasteiger partial charge in [-0.3, -0.25) is 0 Å². The zero-order valence-corrected chi connectivity index (χ0v) is 16.3. The monoisotopic (exact) mass is 364 g/mol. The molecule has 2 aliphatic rings. The number of carbonyl (C=O) groups is 1. The van der Waals surface area contributed by atoms with Crippen molar-refractivity contribution < 1.29 is 13.2 Å². The molecule has 0 spiro atoms. The van der Waals surface area contributed by atoms with E-state index in [4.69, 9.17) is 0 Å². The molecule has 3 rings (SSSR count). The highest BCUT2D eigenvalue weighted by atomic mass is 32.2. The number of nitrogens with zero attached hydrogens (tertiary/aromatic N) is 1. The van der Waals surface area contributed by atoms with Crippen molar-refractivity contribution >= 4 is 21.6 Å². The number of anilines is 1. The summed E-state index contributed by atoms with van der Waals surface area (Å²) in [4.78, 5) is 14.6. The van der Waals surface area contributed by atoms with Gasteiger partial charge in [-0.1, -0.05) is 32.9 Å². The van der Waals surface area contributed by atoms with Crippen LogP contribution in [-0.4, -0.2) is 42.9 Å². The predicted molar refractivity (Wildman–Crippen MR) is 101 cm³/mol. The average Bonchev–Trinajstić information content (AvgIpc) is 2.76. The number of urea groups is 1. The normalized spacial score (nSPS) is 26.6. The maximum Gasteiger partial charge on any atom is 0.322 e. The van der Waals surface area contributed by atoms with Gasteiger partial charge in [0.2, 0.25) is 0 Å². The lowest BCUT2D eigenvalue weighted by molar-refractivity contribution is 0.160. The number of fused-ring (bicyclic) bond motifs is 2. The van der Waals surface area contributed by atoms with E-state index in [1.807, 2.05) is 29.2 Å². The van der Waals surface area contributed by atoms with E-state index in [-0.39, 0.29) is 28.8 Å². The second-order valence-electron chi connectivity index (χ2n) is 8.47. The van der Waals surface area contributed by atoms with E-state index in [1.54, 1.807) is 0 Å². The van der Waals surface area contributed by atoms with Gasteiger partial charge in [0.1, 0.15) is 9.84 Å². The highest BCUT2D eigenvalue weighted by Gasteiger charge is 2.45. The summed E-state index contributed by atoms with van der Waals surface area (Å²) < 4.78 is 23.7. The molecule has 0 saturated carbocycles. The zero-order chi connectivity index (χ0) is 18.4. The third-order valence-electron chi connectivity index (χ3n) is 5.53. The molecule has 0 aromatic heterocycles. The smallest absolute Gasteiger partial charge is 0.318 e. The molecule has 2 fully saturated rings. The van der Waals surface area contributed by atoms with Gasteiger partial charge >= 0.3 is 6.03 Å². The summed E-state index contributed by atoms with van der Waals surface area (Å²) in [5.74, 6) is 0. The summed E-state index contributed by atoms with van der Waals surface area (Å²) in [5, 5.41) is 2.68. The predicted octanol–water partition coefficient (Wildman–Crippen LogP) is 3.56. The number of benzene rings is 1. The summed E-state index contributed by atoms with van der Waals surface area (Å²) in [6.07, 6.45) is 4.22. The minimum Gasteiger partial charge on any atom is -0.318 e. The first kappa shape index (κ1) is 18.2. The van der Waals surface area contributed by atoms with E-state index >= 15 is 0 Å². The van der Waals surface area contributed by atoms with Crippen molar-refractivity contribution in [1.29, 1.82) is 0 Å². The van der Waals surface area contributed by atoms with Crippen LogP contribution in [0.5, 0.6) is 0 Å². The zero-order valence-electron chi connectivity index (χ0n) is 15.5. The molecule has 2 bridgehead atoms. The van der Waals surface area contributed by atoms with Crippen LogP contribution in [0.2, 0.25) is 0 Å². The Bertz CT molecular complexity index is 736. The standard InChI is InChI=1S/C19H28N2O3S/c1-19(2,3)13-5-7-14(8-6-13)20-18(22)21-15-9-10-16(21)12-17(11-15)25(4,23)24/h5-8,15-17H,9-12H2,1-4H3,(H,20,22). The highest BCUT2D eigenvalue weighted by molar-refractivity contribution is 7.91. The lowest BCUT2D eigenvalue weighted by atomic mass is 9.87. The van der Waals surface area contributed by atoms with Gasteiger partial charge in [-0.15, -0.1) is 0 Å². The number of piperidine rings is 1. The van der Waals surface area contributed by atoms with Crippen LogP contribution in [0.3, 0.4) is 0 Å². The first-order valence-corrected chi connectivity index (χ1v) is 10.9. The quantitative estimate of drug-likeness (QED) is 0.872. The summed E-state index contributed by atoms with van der Waals surface area (Å²) in [6, 6.07) is 7.91. The molecule has 2 unspecified atom stereocenters. The fourth-order valence-electron chi connectivity index (χ4n) is 4.05. The Balaban J connectivity index is 1.69. The van der Waals surface area contributed by atoms with Crippen LogP contribution in [0.4, 0.5) is 10.5 Å². The van der Waals surface area contributed by atoms with Gasteiger partial charge in [0, 0.05) is 24.0 Å². The Kier molecular flexibility index (Phi) is 4.60. The van der Waals surface area contributed by atoms with Gasteiger partial charge in [-0.05, 0) is 48.8 Å². The van der Waals surface area contributed by atoms with E-state index in [0.717, 1.165) is 18.5 Å². The average molecular weight is 365 g/mol. The molecule has 6 heteroatoms. The highest BCUT2D eigenvalue weighted by Crippen LogP contribution is 2.38. The van der Waals surface area contributed by atoms with Crippen LogP contribution < -0.4 is 5.32 Å². The van der Waals surface area contributed by atoms with Crippen molar-refractivity contribution in [2.75, 3.05) is 11.6 Å². The maximum atomic E-state index is 12.7. The first-order chi connectivity index (χ1) is 11.6. The molecule has 0 radical (unpaired) electrons. The molecule has 2 aliphatic heterocycles. The molecule has 5 nitrogen and oxygen atoms in total. The Morgan fingerprint density at radius 3 is 2.04 bits per heavy atom. The second-order valence-corrected chi connectivity index (χ2v) is 10.8. The molecule has 2 saturated heterocycles. The van der Waals surface area contributed by atoms with Crippen molar-refractivity contribution in [3.05, 3.63) is 29.8 Å². The molecule has 2 heterocycles. The first-order valence-electron chi connectivity index (χ1n) is 8.94. The fourth-order valence-corrected chi connectivity index (χ4v) is 5.19. The van der Waals surface area contributed by atoms with Crippen molar-refractivity contribution in [2.24, 2.45) is 0 Å². The van der Waals surface area contributed by atoms with E-state index in [9.17, 15) is 13.2 Å². The van der Waals surface area contributed by atoms with Crippen LogP contribution in [0.1, 0.15) is 52.0 Å². The molecule has 1 N–H and O–H groups in total. The maximum absolute atomic E-state index is 12.7. The van der Waals surface area contributed by atoms with E-state index in [2.05, 4.69) is 26.1 Å². The summed E-state index contributed by atoms with van der Waals surface area (Å²) in [7, 11) is -3.04. The molecular formula is C19H28N2O3S. The third-order valence-corrected chi connectivity index (χ3v) is 7.13. The lowest BCUT2D eigenvalue weighted by Gasteiger charge is -2.38. The number of nitrogens with one attached hydrogen (secondary N) is 1. The van der Waals surface area contributed by atoms with E-state index < -0.39 is 9.84 Å². The van der Waals surface area contributed by atoms with Crippen molar-refractivity contribution in [3.63, 3.8) is 0 Å². The van der Waals surface area contributed by atoms with Gasteiger partial charge < -0.3 is 10.2 Å². The number of amides is 2. The van der Waals surface area contributed by atoms with Crippen LogP contribution in [0, 0.1) is 0 Å². The molecule has 1 aromatic rings. The van der Waals surface area contributed by atoms with Crippen LogP contribution in [-0.2, 0) is 15.3 Å².